The fraction of sp³-hybridized carbons (Fsp3) is 0.192. The Kier molecular flexibility index (Phi) is 5.53. The summed E-state index contributed by atoms with van der Waals surface area (Å²) in [5.74, 6) is -1.30. The number of benzene rings is 2. The molecule has 1 atom stereocenters. The van der Waals surface area contributed by atoms with Crippen LogP contribution in [0.25, 0.3) is 5.76 Å². The Balaban J connectivity index is 2.01. The summed E-state index contributed by atoms with van der Waals surface area (Å²) in [6.45, 7) is 5.69. The molecule has 0 saturated carbocycles. The number of nitrogens with zero attached hydrogens (tertiary/aromatic N) is 2. The predicted octanol–water partition coefficient (Wildman–Crippen LogP) is 4.64. The van der Waals surface area contributed by atoms with E-state index >= 15 is 0 Å². The fourth-order valence-corrected chi connectivity index (χ4v) is 4.07. The maximum atomic E-state index is 13.3. The molecule has 0 aliphatic carbocycles. The van der Waals surface area contributed by atoms with Crippen LogP contribution < -0.4 is 9.64 Å². The minimum Gasteiger partial charge on any atom is -0.507 e. The molecule has 1 N–H and O–H groups in total. The smallest absolute Gasteiger partial charge is 0.300 e. The molecule has 1 aromatic heterocycles. The van der Waals surface area contributed by atoms with Gasteiger partial charge in [0.05, 0.1) is 24.3 Å². The molecular formula is C26H24N2O4. The zero-order valence-electron chi connectivity index (χ0n) is 18.4. The number of aliphatic hydroxyl groups excluding tert-OH is 1. The van der Waals surface area contributed by atoms with Gasteiger partial charge in [0.1, 0.15) is 11.5 Å². The zero-order valence-corrected chi connectivity index (χ0v) is 18.4. The number of amides is 1. The number of rotatable bonds is 4. The lowest BCUT2D eigenvalue weighted by Gasteiger charge is -2.27. The Morgan fingerprint density at radius 2 is 1.75 bits per heavy atom. The number of carbonyl (C=O) groups is 2. The Bertz CT molecular complexity index is 1250. The van der Waals surface area contributed by atoms with Gasteiger partial charge in [0.15, 0.2) is 0 Å². The molecule has 0 spiro atoms. The summed E-state index contributed by atoms with van der Waals surface area (Å²) in [4.78, 5) is 32.2. The molecule has 32 heavy (non-hydrogen) atoms. The summed E-state index contributed by atoms with van der Waals surface area (Å²) >= 11 is 0. The standard InChI is InChI=1S/C26H24N2O4/c1-15-8-10-21(32-4)19(12-15)24(29)22-23(18-6-5-11-27-14-18)28(26(31)25(22)30)20-13-16(2)7-9-17(20)3/h5-14,23,29H,1-4H3/b24-22+. The topological polar surface area (TPSA) is 79.7 Å². The van der Waals surface area contributed by atoms with E-state index in [1.165, 1.54) is 12.0 Å². The van der Waals surface area contributed by atoms with E-state index in [1.807, 2.05) is 45.0 Å². The van der Waals surface area contributed by atoms with E-state index in [0.29, 0.717) is 22.6 Å². The molecule has 1 amide bonds. The highest BCUT2D eigenvalue weighted by Crippen LogP contribution is 2.44. The number of ketones is 1. The van der Waals surface area contributed by atoms with Crippen LogP contribution in [0.4, 0.5) is 5.69 Å². The summed E-state index contributed by atoms with van der Waals surface area (Å²) in [6, 6.07) is 13.8. The molecule has 1 unspecified atom stereocenters. The first-order chi connectivity index (χ1) is 15.3. The lowest BCUT2D eigenvalue weighted by molar-refractivity contribution is -0.132. The van der Waals surface area contributed by atoms with Crippen molar-refractivity contribution < 1.29 is 19.4 Å². The van der Waals surface area contributed by atoms with Gasteiger partial charge < -0.3 is 9.84 Å². The number of pyridine rings is 1. The number of hydrogen-bond acceptors (Lipinski definition) is 5. The SMILES string of the molecule is COc1ccc(C)cc1/C(O)=C1\C(=O)C(=O)N(c2cc(C)ccc2C)C1c1cccnc1. The molecule has 1 fully saturated rings. The second-order valence-corrected chi connectivity index (χ2v) is 7.95. The number of hydrogen-bond donors (Lipinski definition) is 1. The second kappa shape index (κ2) is 8.30. The van der Waals surface area contributed by atoms with Gasteiger partial charge >= 0.3 is 0 Å². The molecule has 6 heteroatoms. The normalized spacial score (nSPS) is 17.6. The third kappa shape index (κ3) is 3.54. The van der Waals surface area contributed by atoms with Crippen molar-refractivity contribution in [3.8, 4) is 5.75 Å². The number of aliphatic hydroxyl groups is 1. The molecular weight excluding hydrogens is 404 g/mol. The quantitative estimate of drug-likeness (QED) is 0.372. The third-order valence-corrected chi connectivity index (χ3v) is 5.68. The first kappa shape index (κ1) is 21.3. The monoisotopic (exact) mass is 428 g/mol. The summed E-state index contributed by atoms with van der Waals surface area (Å²) in [5, 5.41) is 11.3. The van der Waals surface area contributed by atoms with Crippen LogP contribution in [0.2, 0.25) is 0 Å². The van der Waals surface area contributed by atoms with Gasteiger partial charge in [-0.25, -0.2) is 0 Å². The number of methoxy groups -OCH3 is 1. The fourth-order valence-electron chi connectivity index (χ4n) is 4.07. The van der Waals surface area contributed by atoms with Crippen LogP contribution in [0.5, 0.6) is 5.75 Å². The van der Waals surface area contributed by atoms with Crippen LogP contribution >= 0.6 is 0 Å². The van der Waals surface area contributed by atoms with Crippen molar-refractivity contribution in [3.05, 3.63) is 94.3 Å². The number of carbonyl (C=O) groups excluding carboxylic acids is 2. The number of anilines is 1. The lowest BCUT2D eigenvalue weighted by Crippen LogP contribution is -2.30. The number of Topliss-reactive ketones (excluding diaryl/α,β-unsaturated/α-hetero) is 1. The highest BCUT2D eigenvalue weighted by molar-refractivity contribution is 6.51. The highest BCUT2D eigenvalue weighted by Gasteiger charge is 2.47. The summed E-state index contributed by atoms with van der Waals surface area (Å²) < 4.78 is 5.41. The van der Waals surface area contributed by atoms with Crippen LogP contribution in [-0.2, 0) is 9.59 Å². The lowest BCUT2D eigenvalue weighted by atomic mass is 9.95. The molecule has 4 rings (SSSR count). The molecule has 1 aliphatic rings. The molecule has 2 aromatic carbocycles. The zero-order chi connectivity index (χ0) is 23.0. The van der Waals surface area contributed by atoms with Crippen LogP contribution in [-0.4, -0.2) is 28.9 Å². The Morgan fingerprint density at radius 1 is 1.03 bits per heavy atom. The van der Waals surface area contributed by atoms with E-state index < -0.39 is 17.7 Å². The first-order valence-corrected chi connectivity index (χ1v) is 10.3. The van der Waals surface area contributed by atoms with Gasteiger partial charge in [-0.1, -0.05) is 29.8 Å². The van der Waals surface area contributed by atoms with E-state index in [9.17, 15) is 14.7 Å². The van der Waals surface area contributed by atoms with Crippen molar-refractivity contribution in [2.24, 2.45) is 0 Å². The molecule has 6 nitrogen and oxygen atoms in total. The van der Waals surface area contributed by atoms with E-state index in [0.717, 1.165) is 16.7 Å². The largest absolute Gasteiger partial charge is 0.507 e. The number of aryl methyl sites for hydroxylation is 3. The molecule has 1 aliphatic heterocycles. The number of aromatic nitrogens is 1. The molecule has 3 aromatic rings. The molecule has 2 heterocycles. The molecule has 162 valence electrons. The van der Waals surface area contributed by atoms with Gasteiger partial charge in [0, 0.05) is 18.1 Å². The van der Waals surface area contributed by atoms with Gasteiger partial charge in [-0.3, -0.25) is 19.5 Å². The summed E-state index contributed by atoms with van der Waals surface area (Å²) in [7, 11) is 1.49. The average Bonchev–Trinajstić information content (AvgIpc) is 3.06. The average molecular weight is 428 g/mol. The summed E-state index contributed by atoms with van der Waals surface area (Å²) in [5.41, 5.74) is 4.30. The van der Waals surface area contributed by atoms with Crippen LogP contribution in [0.3, 0.4) is 0 Å². The van der Waals surface area contributed by atoms with Crippen LogP contribution in [0.1, 0.15) is 33.9 Å². The van der Waals surface area contributed by atoms with Crippen LogP contribution in [0, 0.1) is 20.8 Å². The first-order valence-electron chi connectivity index (χ1n) is 10.3. The Morgan fingerprint density at radius 3 is 2.44 bits per heavy atom. The minimum atomic E-state index is -0.825. The Labute approximate surface area is 186 Å². The van der Waals surface area contributed by atoms with E-state index in [1.54, 1.807) is 36.7 Å². The van der Waals surface area contributed by atoms with Crippen LogP contribution in [0.15, 0.2) is 66.5 Å². The summed E-state index contributed by atoms with van der Waals surface area (Å²) in [6.07, 6.45) is 3.23. The van der Waals surface area contributed by atoms with Gasteiger partial charge in [-0.05, 0) is 61.7 Å². The Hall–Kier alpha value is -3.93. The highest BCUT2D eigenvalue weighted by atomic mass is 16.5. The van der Waals surface area contributed by atoms with Crippen molar-refractivity contribution in [2.45, 2.75) is 26.8 Å². The van der Waals surface area contributed by atoms with Crippen molar-refractivity contribution in [3.63, 3.8) is 0 Å². The second-order valence-electron chi connectivity index (χ2n) is 7.95. The molecule has 0 bridgehead atoms. The van der Waals surface area contributed by atoms with Gasteiger partial charge in [0.25, 0.3) is 11.7 Å². The van der Waals surface area contributed by atoms with Crippen molar-refractivity contribution in [2.75, 3.05) is 12.0 Å². The van der Waals surface area contributed by atoms with Gasteiger partial charge in [0.2, 0.25) is 0 Å². The maximum Gasteiger partial charge on any atom is 0.300 e. The molecule has 0 radical (unpaired) electrons. The van der Waals surface area contributed by atoms with Crippen molar-refractivity contribution in [1.29, 1.82) is 0 Å². The van der Waals surface area contributed by atoms with E-state index in [2.05, 4.69) is 4.98 Å². The third-order valence-electron chi connectivity index (χ3n) is 5.68. The van der Waals surface area contributed by atoms with Gasteiger partial charge in [-0.2, -0.15) is 0 Å². The van der Waals surface area contributed by atoms with Crippen molar-refractivity contribution >= 4 is 23.1 Å². The maximum absolute atomic E-state index is 13.3. The minimum absolute atomic E-state index is 0.00723. The molecule has 1 saturated heterocycles. The van der Waals surface area contributed by atoms with Gasteiger partial charge in [-0.15, -0.1) is 0 Å². The van der Waals surface area contributed by atoms with Crippen molar-refractivity contribution in [1.82, 2.24) is 4.98 Å². The van der Waals surface area contributed by atoms with E-state index in [-0.39, 0.29) is 11.3 Å². The predicted molar refractivity (Wildman–Crippen MR) is 123 cm³/mol. The number of ether oxygens (including phenoxy) is 1. The van der Waals surface area contributed by atoms with E-state index in [4.69, 9.17) is 4.74 Å².